The highest BCUT2D eigenvalue weighted by Crippen LogP contribution is 2.30. The third-order valence-electron chi connectivity index (χ3n) is 5.54. The van der Waals surface area contributed by atoms with Crippen molar-refractivity contribution < 1.29 is 32.8 Å². The molecule has 10 heteroatoms. The van der Waals surface area contributed by atoms with Gasteiger partial charge >= 0.3 is 11.9 Å². The van der Waals surface area contributed by atoms with E-state index in [-0.39, 0.29) is 22.9 Å². The first-order chi connectivity index (χ1) is 18.2. The van der Waals surface area contributed by atoms with E-state index in [9.17, 15) is 18.6 Å². The smallest absolute Gasteiger partial charge is 0.328 e. The Balaban J connectivity index is 1.74. The minimum Gasteiger partial charge on any atom is -0.493 e. The lowest BCUT2D eigenvalue weighted by molar-refractivity contribution is -0.150. The van der Waals surface area contributed by atoms with Gasteiger partial charge < -0.3 is 19.5 Å². The van der Waals surface area contributed by atoms with E-state index < -0.39 is 46.0 Å². The Morgan fingerprint density at radius 1 is 0.974 bits per heavy atom. The van der Waals surface area contributed by atoms with Crippen molar-refractivity contribution in [1.29, 1.82) is 0 Å². The maximum Gasteiger partial charge on any atom is 0.328 e. The van der Waals surface area contributed by atoms with E-state index in [0.29, 0.717) is 0 Å². The molecule has 3 rings (SSSR count). The van der Waals surface area contributed by atoms with Crippen LogP contribution in [-0.2, 0) is 30.9 Å². The molecule has 0 saturated heterocycles. The highest BCUT2D eigenvalue weighted by Gasteiger charge is 2.31. The number of benzene rings is 2. The number of amides is 1. The van der Waals surface area contributed by atoms with Gasteiger partial charge in [0.2, 0.25) is 5.75 Å². The first-order valence-electron chi connectivity index (χ1n) is 11.9. The zero-order valence-electron chi connectivity index (χ0n) is 21.6. The summed E-state index contributed by atoms with van der Waals surface area (Å²) in [4.78, 5) is 41.4. The average molecular weight is 539 g/mol. The molecule has 0 aliphatic carbocycles. The van der Waals surface area contributed by atoms with Crippen LogP contribution in [0.3, 0.4) is 0 Å². The van der Waals surface area contributed by atoms with Gasteiger partial charge in [-0.05, 0) is 25.0 Å². The molecule has 3 aromatic rings. The molecule has 0 radical (unpaired) electrons. The summed E-state index contributed by atoms with van der Waals surface area (Å²) in [6, 6.07) is 19.0. The quantitative estimate of drug-likeness (QED) is 0.367. The molecule has 0 spiro atoms. The van der Waals surface area contributed by atoms with Gasteiger partial charge in [-0.25, -0.2) is 9.78 Å². The molecule has 0 unspecified atom stereocenters. The number of nitrogens with one attached hydrogen (secondary N) is 1. The monoisotopic (exact) mass is 538 g/mol. The number of carbonyl (C=O) groups is 3. The van der Waals surface area contributed by atoms with Crippen molar-refractivity contribution in [2.24, 2.45) is 0 Å². The number of methoxy groups -OCH3 is 1. The van der Waals surface area contributed by atoms with Crippen LogP contribution in [-0.4, -0.2) is 46.3 Å². The van der Waals surface area contributed by atoms with E-state index in [4.69, 9.17) is 14.2 Å². The number of pyridine rings is 1. The fraction of sp³-hybridized carbons (Fsp3) is 0.286. The number of hydrogen-bond acceptors (Lipinski definition) is 8. The van der Waals surface area contributed by atoms with Crippen LogP contribution in [0.5, 0.6) is 11.5 Å². The van der Waals surface area contributed by atoms with Gasteiger partial charge in [-0.15, -0.1) is 0 Å². The summed E-state index contributed by atoms with van der Waals surface area (Å²) in [6.07, 6.45) is 0.554. The SMILES string of the molecule is COc1ccnc(C(=O)N[C@@H](C)C(=O)O[C@@H](C)[C@@H](c2ccccc2)[S@@](=O)Cc2ccccc2)c1OC(C)=O. The summed E-state index contributed by atoms with van der Waals surface area (Å²) in [5, 5.41) is 1.92. The molecule has 1 heterocycles. The summed E-state index contributed by atoms with van der Waals surface area (Å²) < 4.78 is 29.4. The van der Waals surface area contributed by atoms with Crippen molar-refractivity contribution in [3.8, 4) is 11.5 Å². The van der Waals surface area contributed by atoms with Crippen LogP contribution in [0, 0.1) is 0 Å². The molecule has 0 fully saturated rings. The standard InChI is InChI=1S/C28H30N2O7S/c1-18(30-27(32)24-25(37-20(3)31)23(35-4)15-16-29-24)28(33)36-19(2)26(22-13-9-6-10-14-22)38(34)17-21-11-7-5-8-12-21/h5-16,18-19,26H,17H2,1-4H3,(H,30,32)/t18-,19-,26-,38-/m0/s1. The Hall–Kier alpha value is -4.05. The average Bonchev–Trinajstić information content (AvgIpc) is 2.89. The predicted octanol–water partition coefficient (Wildman–Crippen LogP) is 3.76. The molecule has 9 nitrogen and oxygen atoms in total. The van der Waals surface area contributed by atoms with Gasteiger partial charge in [-0.1, -0.05) is 60.7 Å². The minimum atomic E-state index is -1.41. The van der Waals surface area contributed by atoms with E-state index in [0.717, 1.165) is 11.1 Å². The number of ether oxygens (including phenoxy) is 3. The van der Waals surface area contributed by atoms with Gasteiger partial charge in [-0.3, -0.25) is 13.8 Å². The highest BCUT2D eigenvalue weighted by molar-refractivity contribution is 7.84. The van der Waals surface area contributed by atoms with Gasteiger partial charge in [0, 0.05) is 35.7 Å². The van der Waals surface area contributed by atoms with Gasteiger partial charge in [0.1, 0.15) is 12.1 Å². The molecular formula is C28H30N2O7S. The summed E-state index contributed by atoms with van der Waals surface area (Å²) in [7, 11) is -0.0521. The first-order valence-corrected chi connectivity index (χ1v) is 13.3. The normalized spacial score (nSPS) is 13.9. The van der Waals surface area contributed by atoms with Crippen LogP contribution in [0.4, 0.5) is 0 Å². The Labute approximate surface area is 224 Å². The largest absolute Gasteiger partial charge is 0.493 e. The van der Waals surface area contributed by atoms with Crippen LogP contribution in [0.1, 0.15) is 47.6 Å². The molecule has 0 bridgehead atoms. The van der Waals surface area contributed by atoms with E-state index >= 15 is 0 Å². The zero-order valence-corrected chi connectivity index (χ0v) is 22.4. The number of esters is 2. The van der Waals surface area contributed by atoms with Gasteiger partial charge in [0.05, 0.1) is 12.4 Å². The van der Waals surface area contributed by atoms with Crippen LogP contribution in [0.25, 0.3) is 0 Å². The van der Waals surface area contributed by atoms with E-state index in [2.05, 4.69) is 10.3 Å². The molecule has 200 valence electrons. The Kier molecular flexibility index (Phi) is 10.1. The third kappa shape index (κ3) is 7.48. The Morgan fingerprint density at radius 3 is 2.21 bits per heavy atom. The molecule has 0 saturated carbocycles. The predicted molar refractivity (Wildman–Crippen MR) is 142 cm³/mol. The minimum absolute atomic E-state index is 0.135. The number of aromatic nitrogens is 1. The second kappa shape index (κ2) is 13.5. The molecule has 0 aliphatic rings. The summed E-state index contributed by atoms with van der Waals surface area (Å²) in [5.41, 5.74) is 1.45. The molecule has 0 aliphatic heterocycles. The van der Waals surface area contributed by atoms with Crippen molar-refractivity contribution in [2.75, 3.05) is 7.11 Å². The first kappa shape index (κ1) is 28.5. The van der Waals surface area contributed by atoms with Crippen LogP contribution < -0.4 is 14.8 Å². The van der Waals surface area contributed by atoms with E-state index in [1.54, 1.807) is 6.92 Å². The summed E-state index contributed by atoms with van der Waals surface area (Å²) >= 11 is 0. The maximum atomic E-state index is 13.4. The van der Waals surface area contributed by atoms with Gasteiger partial charge in [-0.2, -0.15) is 0 Å². The van der Waals surface area contributed by atoms with Gasteiger partial charge in [0.25, 0.3) is 5.91 Å². The topological polar surface area (TPSA) is 121 Å². The molecular weight excluding hydrogens is 508 g/mol. The molecule has 2 aromatic carbocycles. The number of rotatable bonds is 11. The second-order valence-corrected chi connectivity index (χ2v) is 10.0. The fourth-order valence-corrected chi connectivity index (χ4v) is 5.42. The highest BCUT2D eigenvalue weighted by atomic mass is 32.2. The number of carbonyl (C=O) groups excluding carboxylic acids is 3. The molecule has 1 amide bonds. The van der Waals surface area contributed by atoms with Crippen molar-refractivity contribution in [1.82, 2.24) is 10.3 Å². The maximum absolute atomic E-state index is 13.4. The molecule has 1 N–H and O–H groups in total. The molecule has 1 aromatic heterocycles. The lowest BCUT2D eigenvalue weighted by Gasteiger charge is -2.25. The number of hydrogen-bond donors (Lipinski definition) is 1. The van der Waals surface area contributed by atoms with E-state index in [1.807, 2.05) is 60.7 Å². The van der Waals surface area contributed by atoms with Crippen molar-refractivity contribution in [2.45, 2.75) is 43.9 Å². The lowest BCUT2D eigenvalue weighted by atomic mass is 10.1. The Morgan fingerprint density at radius 2 is 1.61 bits per heavy atom. The summed E-state index contributed by atoms with van der Waals surface area (Å²) in [6.45, 7) is 4.31. The van der Waals surface area contributed by atoms with Crippen LogP contribution in [0.15, 0.2) is 72.9 Å². The van der Waals surface area contributed by atoms with Crippen molar-refractivity contribution in [3.63, 3.8) is 0 Å². The molecule has 38 heavy (non-hydrogen) atoms. The third-order valence-corrected chi connectivity index (χ3v) is 7.38. The lowest BCUT2D eigenvalue weighted by Crippen LogP contribution is -2.42. The number of nitrogens with zero attached hydrogens (tertiary/aromatic N) is 1. The molecule has 4 atom stereocenters. The van der Waals surface area contributed by atoms with Crippen molar-refractivity contribution >= 4 is 28.6 Å². The van der Waals surface area contributed by atoms with Crippen LogP contribution in [0.2, 0.25) is 0 Å². The van der Waals surface area contributed by atoms with Crippen molar-refractivity contribution in [3.05, 3.63) is 89.7 Å². The second-order valence-electron chi connectivity index (χ2n) is 8.46. The van der Waals surface area contributed by atoms with Crippen LogP contribution >= 0.6 is 0 Å². The van der Waals surface area contributed by atoms with E-state index in [1.165, 1.54) is 33.2 Å². The fourth-order valence-electron chi connectivity index (χ4n) is 3.77. The Bertz CT molecular complexity index is 1280. The zero-order chi connectivity index (χ0) is 27.7. The van der Waals surface area contributed by atoms with Gasteiger partial charge in [0.15, 0.2) is 11.4 Å². The summed E-state index contributed by atoms with van der Waals surface area (Å²) in [5.74, 6) is -1.88.